The summed E-state index contributed by atoms with van der Waals surface area (Å²) in [7, 11) is 1.99. The molecule has 4 heteroatoms. The number of halogens is 2. The summed E-state index contributed by atoms with van der Waals surface area (Å²) < 4.78 is 26.1. The molecule has 0 bridgehead atoms. The highest BCUT2D eigenvalue weighted by Crippen LogP contribution is 2.20. The molecule has 0 radical (unpaired) electrons. The lowest BCUT2D eigenvalue weighted by atomic mass is 10.0. The molecule has 108 valence electrons. The molecule has 0 aliphatic carbocycles. The zero-order chi connectivity index (χ0) is 14.6. The molecule has 0 aliphatic rings. The molecule has 2 atom stereocenters. The quantitative estimate of drug-likeness (QED) is 0.857. The average molecular weight is 271 g/mol. The van der Waals surface area contributed by atoms with E-state index in [9.17, 15) is 13.9 Å². The first-order valence-electron chi connectivity index (χ1n) is 6.65. The lowest BCUT2D eigenvalue weighted by Gasteiger charge is -2.28. The third-order valence-corrected chi connectivity index (χ3v) is 3.68. The minimum atomic E-state index is -0.841. The van der Waals surface area contributed by atoms with E-state index in [-0.39, 0.29) is 0 Å². The van der Waals surface area contributed by atoms with E-state index in [1.54, 1.807) is 0 Å². The second kappa shape index (κ2) is 6.96. The Kier molecular flexibility index (Phi) is 5.88. The maximum atomic E-state index is 13.1. The summed E-state index contributed by atoms with van der Waals surface area (Å²) >= 11 is 0. The van der Waals surface area contributed by atoms with Crippen LogP contribution in [-0.2, 0) is 0 Å². The molecule has 0 heterocycles. The molecule has 1 aromatic rings. The Labute approximate surface area is 114 Å². The van der Waals surface area contributed by atoms with Gasteiger partial charge in [0, 0.05) is 18.7 Å². The molecule has 0 aromatic heterocycles. The zero-order valence-corrected chi connectivity index (χ0v) is 12.0. The van der Waals surface area contributed by atoms with Gasteiger partial charge in [-0.2, -0.15) is 0 Å². The first-order valence-corrected chi connectivity index (χ1v) is 6.65. The summed E-state index contributed by atoms with van der Waals surface area (Å²) in [5, 5.41) is 9.98. The normalized spacial score (nSPS) is 15.0. The second-order valence-electron chi connectivity index (χ2n) is 5.47. The maximum Gasteiger partial charge on any atom is 0.126 e. The van der Waals surface area contributed by atoms with Gasteiger partial charge >= 0.3 is 0 Å². The molecule has 2 nitrogen and oxygen atoms in total. The molecule has 1 aromatic carbocycles. The number of benzene rings is 1. The van der Waals surface area contributed by atoms with Crippen molar-refractivity contribution in [3.8, 4) is 0 Å². The summed E-state index contributed by atoms with van der Waals surface area (Å²) in [6, 6.07) is 3.57. The number of hydrogen-bond acceptors (Lipinski definition) is 2. The second-order valence-corrected chi connectivity index (χ2v) is 5.47. The molecule has 0 amide bonds. The number of hydrogen-bond donors (Lipinski definition) is 1. The molecular formula is C15H23F2NO. The SMILES string of the molecule is CC(C)C(C)N(C)CCC(O)c1cc(F)cc(F)c1. The van der Waals surface area contributed by atoms with Gasteiger partial charge in [-0.15, -0.1) is 0 Å². The van der Waals surface area contributed by atoms with Crippen LogP contribution in [0.2, 0.25) is 0 Å². The highest BCUT2D eigenvalue weighted by atomic mass is 19.1. The van der Waals surface area contributed by atoms with Crippen LogP contribution in [0.1, 0.15) is 38.9 Å². The molecule has 1 N–H and O–H groups in total. The van der Waals surface area contributed by atoms with Gasteiger partial charge in [-0.25, -0.2) is 8.78 Å². The molecule has 0 aliphatic heterocycles. The zero-order valence-electron chi connectivity index (χ0n) is 12.0. The summed E-state index contributed by atoms with van der Waals surface area (Å²) in [4.78, 5) is 2.14. The standard InChI is InChI=1S/C15H23F2NO/c1-10(2)11(3)18(4)6-5-15(19)12-7-13(16)9-14(17)8-12/h7-11,15,19H,5-6H2,1-4H3. The number of rotatable bonds is 6. The van der Waals surface area contributed by atoms with Crippen LogP contribution in [0, 0.1) is 17.6 Å². The van der Waals surface area contributed by atoms with E-state index in [0.717, 1.165) is 6.07 Å². The van der Waals surface area contributed by atoms with Gasteiger partial charge in [0.15, 0.2) is 0 Å². The number of aliphatic hydroxyl groups excluding tert-OH is 1. The van der Waals surface area contributed by atoms with Crippen molar-refractivity contribution >= 4 is 0 Å². The first-order chi connectivity index (χ1) is 8.81. The topological polar surface area (TPSA) is 23.5 Å². The smallest absolute Gasteiger partial charge is 0.126 e. The van der Waals surface area contributed by atoms with E-state index in [1.165, 1.54) is 12.1 Å². The van der Waals surface area contributed by atoms with Crippen LogP contribution >= 0.6 is 0 Å². The van der Waals surface area contributed by atoms with Gasteiger partial charge in [-0.05, 0) is 44.0 Å². The molecule has 0 spiro atoms. The van der Waals surface area contributed by atoms with Crippen molar-refractivity contribution in [2.75, 3.05) is 13.6 Å². The largest absolute Gasteiger partial charge is 0.388 e. The minimum Gasteiger partial charge on any atom is -0.388 e. The number of aliphatic hydroxyl groups is 1. The fourth-order valence-corrected chi connectivity index (χ4v) is 1.97. The Morgan fingerprint density at radius 1 is 1.11 bits per heavy atom. The highest BCUT2D eigenvalue weighted by molar-refractivity contribution is 5.20. The van der Waals surface area contributed by atoms with E-state index in [4.69, 9.17) is 0 Å². The van der Waals surface area contributed by atoms with E-state index in [1.807, 2.05) is 7.05 Å². The van der Waals surface area contributed by atoms with E-state index in [2.05, 4.69) is 25.7 Å². The predicted octanol–water partition coefficient (Wildman–Crippen LogP) is 3.36. The van der Waals surface area contributed by atoms with Crippen LogP contribution in [0.4, 0.5) is 8.78 Å². The van der Waals surface area contributed by atoms with Crippen molar-refractivity contribution in [1.29, 1.82) is 0 Å². The van der Waals surface area contributed by atoms with Gasteiger partial charge in [-0.3, -0.25) is 0 Å². The molecular weight excluding hydrogens is 248 g/mol. The summed E-state index contributed by atoms with van der Waals surface area (Å²) in [6.45, 7) is 7.08. The average Bonchev–Trinajstić information content (AvgIpc) is 2.33. The van der Waals surface area contributed by atoms with Crippen molar-refractivity contribution in [2.24, 2.45) is 5.92 Å². The van der Waals surface area contributed by atoms with Crippen LogP contribution < -0.4 is 0 Å². The maximum absolute atomic E-state index is 13.1. The van der Waals surface area contributed by atoms with E-state index < -0.39 is 17.7 Å². The van der Waals surface area contributed by atoms with Crippen molar-refractivity contribution in [3.63, 3.8) is 0 Å². The Morgan fingerprint density at radius 2 is 1.63 bits per heavy atom. The third-order valence-electron chi connectivity index (χ3n) is 3.68. The Morgan fingerprint density at radius 3 is 2.11 bits per heavy atom. The summed E-state index contributed by atoms with van der Waals surface area (Å²) in [5.74, 6) is -0.787. The van der Waals surface area contributed by atoms with Crippen molar-refractivity contribution in [3.05, 3.63) is 35.4 Å². The van der Waals surface area contributed by atoms with Gasteiger partial charge in [0.2, 0.25) is 0 Å². The first kappa shape index (κ1) is 16.1. The molecule has 0 saturated heterocycles. The highest BCUT2D eigenvalue weighted by Gasteiger charge is 2.16. The molecule has 0 saturated carbocycles. The van der Waals surface area contributed by atoms with Gasteiger partial charge in [0.1, 0.15) is 11.6 Å². The predicted molar refractivity (Wildman–Crippen MR) is 72.9 cm³/mol. The number of nitrogens with zero attached hydrogens (tertiary/aromatic N) is 1. The third kappa shape index (κ3) is 4.88. The Balaban J connectivity index is 2.57. The molecule has 19 heavy (non-hydrogen) atoms. The lowest BCUT2D eigenvalue weighted by molar-refractivity contribution is 0.128. The van der Waals surface area contributed by atoms with Crippen LogP contribution in [0.5, 0.6) is 0 Å². The lowest BCUT2D eigenvalue weighted by Crippen LogP contribution is -2.34. The molecule has 2 unspecified atom stereocenters. The van der Waals surface area contributed by atoms with Gasteiger partial charge in [0.25, 0.3) is 0 Å². The van der Waals surface area contributed by atoms with Crippen molar-refractivity contribution in [1.82, 2.24) is 4.90 Å². The van der Waals surface area contributed by atoms with Gasteiger partial charge < -0.3 is 10.0 Å². The van der Waals surface area contributed by atoms with Crippen LogP contribution in [0.25, 0.3) is 0 Å². The fraction of sp³-hybridized carbons (Fsp3) is 0.600. The van der Waals surface area contributed by atoms with Crippen molar-refractivity contribution < 1.29 is 13.9 Å². The van der Waals surface area contributed by atoms with Crippen LogP contribution in [-0.4, -0.2) is 29.6 Å². The van der Waals surface area contributed by atoms with E-state index >= 15 is 0 Å². The van der Waals surface area contributed by atoms with Crippen LogP contribution in [0.3, 0.4) is 0 Å². The van der Waals surface area contributed by atoms with Gasteiger partial charge in [-0.1, -0.05) is 13.8 Å². The molecule has 1 rings (SSSR count). The van der Waals surface area contributed by atoms with Crippen LogP contribution in [0.15, 0.2) is 18.2 Å². The Bertz CT molecular complexity index is 389. The van der Waals surface area contributed by atoms with Crippen molar-refractivity contribution in [2.45, 2.75) is 39.3 Å². The fourth-order valence-electron chi connectivity index (χ4n) is 1.97. The minimum absolute atomic E-state index is 0.295. The summed E-state index contributed by atoms with van der Waals surface area (Å²) in [5.41, 5.74) is 0.295. The monoisotopic (exact) mass is 271 g/mol. The summed E-state index contributed by atoms with van der Waals surface area (Å²) in [6.07, 6.45) is -0.386. The Hall–Kier alpha value is -1.00. The van der Waals surface area contributed by atoms with Gasteiger partial charge in [0.05, 0.1) is 6.10 Å². The van der Waals surface area contributed by atoms with E-state index in [0.29, 0.717) is 30.5 Å². The molecule has 0 fully saturated rings.